The summed E-state index contributed by atoms with van der Waals surface area (Å²) < 4.78 is 8.65. The summed E-state index contributed by atoms with van der Waals surface area (Å²) in [6.45, 7) is 0. The third kappa shape index (κ3) is 3.50. The van der Waals surface area contributed by atoms with Crippen LogP contribution in [0.1, 0.15) is 10.4 Å². The highest BCUT2D eigenvalue weighted by Gasteiger charge is 2.20. The molecule has 7 nitrogen and oxygen atoms in total. The summed E-state index contributed by atoms with van der Waals surface area (Å²) in [5.41, 5.74) is 2.67. The van der Waals surface area contributed by atoms with Gasteiger partial charge < -0.3 is 10.1 Å². The van der Waals surface area contributed by atoms with Gasteiger partial charge in [-0.3, -0.25) is 9.48 Å². The fourth-order valence-electron chi connectivity index (χ4n) is 2.90. The lowest BCUT2D eigenvalue weighted by Gasteiger charge is -2.05. The molecule has 0 aliphatic heterocycles. The fourth-order valence-corrected chi connectivity index (χ4v) is 2.90. The Labute approximate surface area is 162 Å². The maximum Gasteiger partial charge on any atom is 0.260 e. The maximum absolute atomic E-state index is 13.0. The Balaban J connectivity index is 1.78. The van der Waals surface area contributed by atoms with Gasteiger partial charge >= 0.3 is 0 Å². The van der Waals surface area contributed by atoms with Crippen LogP contribution >= 0.6 is 0 Å². The van der Waals surface area contributed by atoms with E-state index in [0.717, 1.165) is 11.3 Å². The number of para-hydroxylation sites is 1. The Morgan fingerprint density at radius 3 is 2.57 bits per heavy atom. The predicted molar refractivity (Wildman–Crippen MR) is 107 cm³/mol. The summed E-state index contributed by atoms with van der Waals surface area (Å²) in [6, 6.07) is 18.9. The number of aromatic nitrogens is 4. The average Bonchev–Trinajstić information content (AvgIpc) is 3.35. The van der Waals surface area contributed by atoms with Crippen molar-refractivity contribution in [3.63, 3.8) is 0 Å². The van der Waals surface area contributed by atoms with Gasteiger partial charge in [-0.05, 0) is 24.3 Å². The van der Waals surface area contributed by atoms with Crippen LogP contribution in [0.15, 0.2) is 73.1 Å². The molecule has 0 fully saturated rings. The van der Waals surface area contributed by atoms with Crippen LogP contribution in [0, 0.1) is 0 Å². The Kier molecular flexibility index (Phi) is 4.63. The van der Waals surface area contributed by atoms with Crippen LogP contribution < -0.4 is 10.1 Å². The molecule has 4 aromatic rings. The van der Waals surface area contributed by atoms with Gasteiger partial charge in [0, 0.05) is 31.1 Å². The number of carbonyl (C=O) groups excluding carboxylic acids is 1. The molecule has 1 N–H and O–H groups in total. The van der Waals surface area contributed by atoms with Gasteiger partial charge in [0.2, 0.25) is 0 Å². The van der Waals surface area contributed by atoms with Gasteiger partial charge in [-0.1, -0.05) is 30.3 Å². The van der Waals surface area contributed by atoms with Crippen molar-refractivity contribution in [2.75, 3.05) is 12.4 Å². The van der Waals surface area contributed by atoms with Gasteiger partial charge in [0.1, 0.15) is 11.4 Å². The van der Waals surface area contributed by atoms with E-state index in [2.05, 4.69) is 15.5 Å². The molecule has 4 rings (SSSR count). The monoisotopic (exact) mass is 373 g/mol. The fraction of sp³-hybridized carbons (Fsp3) is 0.0952. The Morgan fingerprint density at radius 2 is 1.86 bits per heavy atom. The predicted octanol–water partition coefficient (Wildman–Crippen LogP) is 3.53. The molecule has 0 bridgehead atoms. The molecule has 0 saturated heterocycles. The van der Waals surface area contributed by atoms with Gasteiger partial charge in [0.25, 0.3) is 5.91 Å². The summed E-state index contributed by atoms with van der Waals surface area (Å²) in [5, 5.41) is 11.7. The molecule has 1 amide bonds. The highest BCUT2D eigenvalue weighted by atomic mass is 16.5. The zero-order chi connectivity index (χ0) is 19.5. The first kappa shape index (κ1) is 17.5. The van der Waals surface area contributed by atoms with E-state index in [0.29, 0.717) is 22.8 Å². The standard InChI is InChI=1S/C21H19N5O2/c1-25-12-11-19(23-25)22-21(27)18-14-26(16-8-4-3-5-9-16)24-20(18)15-7-6-10-17(13-15)28-2/h3-14H,1-2H3,(H,22,23,27). The van der Waals surface area contributed by atoms with Crippen molar-refractivity contribution < 1.29 is 9.53 Å². The number of rotatable bonds is 5. The van der Waals surface area contributed by atoms with Crippen molar-refractivity contribution in [3.05, 3.63) is 78.6 Å². The quantitative estimate of drug-likeness (QED) is 0.581. The van der Waals surface area contributed by atoms with Crippen LogP contribution in [0.2, 0.25) is 0 Å². The Bertz CT molecular complexity index is 1110. The van der Waals surface area contributed by atoms with Crippen LogP contribution in [0.3, 0.4) is 0 Å². The number of hydrogen-bond donors (Lipinski definition) is 1. The number of anilines is 1. The second-order valence-electron chi connectivity index (χ2n) is 6.23. The number of ether oxygens (including phenoxy) is 1. The molecular formula is C21H19N5O2. The third-order valence-corrected chi connectivity index (χ3v) is 4.28. The van der Waals surface area contributed by atoms with E-state index < -0.39 is 0 Å². The highest BCUT2D eigenvalue weighted by molar-refractivity contribution is 6.07. The molecule has 0 spiro atoms. The smallest absolute Gasteiger partial charge is 0.260 e. The second kappa shape index (κ2) is 7.40. The molecule has 28 heavy (non-hydrogen) atoms. The minimum absolute atomic E-state index is 0.279. The van der Waals surface area contributed by atoms with Crippen molar-refractivity contribution in [3.8, 4) is 22.7 Å². The Morgan fingerprint density at radius 1 is 1.04 bits per heavy atom. The lowest BCUT2D eigenvalue weighted by molar-refractivity contribution is 0.102. The number of hydrogen-bond acceptors (Lipinski definition) is 4. The van der Waals surface area contributed by atoms with Crippen LogP contribution in [-0.4, -0.2) is 32.6 Å². The minimum Gasteiger partial charge on any atom is -0.497 e. The van der Waals surface area contributed by atoms with E-state index in [1.807, 2.05) is 54.6 Å². The van der Waals surface area contributed by atoms with Crippen LogP contribution in [0.25, 0.3) is 16.9 Å². The summed E-state index contributed by atoms with van der Waals surface area (Å²) in [5.74, 6) is 0.901. The molecule has 140 valence electrons. The second-order valence-corrected chi connectivity index (χ2v) is 6.23. The van der Waals surface area contributed by atoms with Crippen molar-refractivity contribution >= 4 is 11.7 Å². The molecule has 0 unspecified atom stereocenters. The van der Waals surface area contributed by atoms with Crippen LogP contribution in [-0.2, 0) is 7.05 Å². The maximum atomic E-state index is 13.0. The Hall–Kier alpha value is -3.87. The normalized spacial score (nSPS) is 10.6. The summed E-state index contributed by atoms with van der Waals surface area (Å²) in [6.07, 6.45) is 3.49. The summed E-state index contributed by atoms with van der Waals surface area (Å²) >= 11 is 0. The SMILES string of the molecule is COc1cccc(-c2nn(-c3ccccc3)cc2C(=O)Nc2ccn(C)n2)c1. The van der Waals surface area contributed by atoms with Gasteiger partial charge in [-0.25, -0.2) is 4.68 Å². The molecule has 0 aliphatic rings. The first-order valence-corrected chi connectivity index (χ1v) is 8.74. The van der Waals surface area contributed by atoms with Gasteiger partial charge in [0.15, 0.2) is 5.82 Å². The zero-order valence-electron chi connectivity index (χ0n) is 15.5. The van der Waals surface area contributed by atoms with Gasteiger partial charge in [-0.2, -0.15) is 10.2 Å². The van der Waals surface area contributed by atoms with E-state index in [4.69, 9.17) is 4.74 Å². The molecule has 2 heterocycles. The van der Waals surface area contributed by atoms with Crippen molar-refractivity contribution in [1.29, 1.82) is 0 Å². The van der Waals surface area contributed by atoms with Gasteiger partial charge in [0.05, 0.1) is 18.4 Å². The number of amides is 1. The molecule has 0 saturated carbocycles. The minimum atomic E-state index is -0.279. The first-order chi connectivity index (χ1) is 13.6. The summed E-state index contributed by atoms with van der Waals surface area (Å²) in [7, 11) is 3.40. The van der Waals surface area contributed by atoms with Crippen molar-refractivity contribution in [1.82, 2.24) is 19.6 Å². The molecule has 0 radical (unpaired) electrons. The van der Waals surface area contributed by atoms with E-state index >= 15 is 0 Å². The lowest BCUT2D eigenvalue weighted by Crippen LogP contribution is -2.13. The number of nitrogens with one attached hydrogen (secondary N) is 1. The molecule has 0 aliphatic carbocycles. The number of carbonyl (C=O) groups is 1. The molecule has 2 aromatic heterocycles. The zero-order valence-corrected chi connectivity index (χ0v) is 15.5. The average molecular weight is 373 g/mol. The lowest BCUT2D eigenvalue weighted by atomic mass is 10.1. The highest BCUT2D eigenvalue weighted by Crippen LogP contribution is 2.27. The molecule has 7 heteroatoms. The van der Waals surface area contributed by atoms with E-state index in [1.54, 1.807) is 42.0 Å². The molecule has 0 atom stereocenters. The number of nitrogens with zero attached hydrogens (tertiary/aromatic N) is 4. The van der Waals surface area contributed by atoms with E-state index in [1.165, 1.54) is 0 Å². The summed E-state index contributed by atoms with van der Waals surface area (Å²) in [4.78, 5) is 13.0. The third-order valence-electron chi connectivity index (χ3n) is 4.28. The number of methoxy groups -OCH3 is 1. The topological polar surface area (TPSA) is 74.0 Å². The van der Waals surface area contributed by atoms with E-state index in [9.17, 15) is 4.79 Å². The van der Waals surface area contributed by atoms with Crippen molar-refractivity contribution in [2.45, 2.75) is 0 Å². The van der Waals surface area contributed by atoms with Crippen LogP contribution in [0.5, 0.6) is 5.75 Å². The van der Waals surface area contributed by atoms with E-state index in [-0.39, 0.29) is 5.91 Å². The molecule has 2 aromatic carbocycles. The number of benzene rings is 2. The first-order valence-electron chi connectivity index (χ1n) is 8.74. The molecular weight excluding hydrogens is 354 g/mol. The van der Waals surface area contributed by atoms with Crippen molar-refractivity contribution in [2.24, 2.45) is 7.05 Å². The van der Waals surface area contributed by atoms with Crippen LogP contribution in [0.4, 0.5) is 5.82 Å². The van der Waals surface area contributed by atoms with Gasteiger partial charge in [-0.15, -0.1) is 0 Å². The number of aryl methyl sites for hydroxylation is 1. The largest absolute Gasteiger partial charge is 0.497 e.